The third kappa shape index (κ3) is 9.86. The topological polar surface area (TPSA) is 18.5 Å². The quantitative estimate of drug-likeness (QED) is 0.720. The van der Waals surface area contributed by atoms with Gasteiger partial charge in [-0.05, 0) is 47.7 Å². The first-order valence-corrected chi connectivity index (χ1v) is 7.25. The van der Waals surface area contributed by atoms with Gasteiger partial charge in [-0.25, -0.2) is 0 Å². The van der Waals surface area contributed by atoms with E-state index < -0.39 is 0 Å². The minimum atomic E-state index is 0.208. The van der Waals surface area contributed by atoms with E-state index in [0.717, 1.165) is 25.6 Å². The van der Waals surface area contributed by atoms with Crippen LogP contribution in [-0.4, -0.2) is 61.7 Å². The first kappa shape index (κ1) is 17.9. The molecule has 0 heterocycles. The normalized spacial score (nSPS) is 14.8. The molecule has 0 saturated carbocycles. The van der Waals surface area contributed by atoms with Crippen LogP contribution >= 0.6 is 0 Å². The van der Waals surface area contributed by atoms with Crippen molar-refractivity contribution in [3.8, 4) is 0 Å². The Morgan fingerprint density at radius 3 is 1.94 bits per heavy atom. The van der Waals surface area contributed by atoms with Gasteiger partial charge in [0.05, 0.1) is 0 Å². The van der Waals surface area contributed by atoms with Crippen LogP contribution in [0.15, 0.2) is 0 Å². The summed E-state index contributed by atoms with van der Waals surface area (Å²) in [6.45, 7) is 18.1. The molecule has 0 spiro atoms. The van der Waals surface area contributed by atoms with Gasteiger partial charge >= 0.3 is 0 Å². The number of rotatable bonds is 8. The lowest BCUT2D eigenvalue weighted by Crippen LogP contribution is -2.48. The van der Waals surface area contributed by atoms with E-state index in [4.69, 9.17) is 0 Å². The fourth-order valence-electron chi connectivity index (χ4n) is 1.87. The molecule has 0 fully saturated rings. The van der Waals surface area contributed by atoms with Crippen molar-refractivity contribution in [2.24, 2.45) is 5.92 Å². The van der Waals surface area contributed by atoms with Crippen molar-refractivity contribution < 1.29 is 0 Å². The summed E-state index contributed by atoms with van der Waals surface area (Å²) in [4.78, 5) is 4.86. The Bertz CT molecular complexity index is 206. The van der Waals surface area contributed by atoms with E-state index in [9.17, 15) is 0 Å². The molecule has 0 aromatic heterocycles. The minimum Gasteiger partial charge on any atom is -0.311 e. The van der Waals surface area contributed by atoms with Crippen LogP contribution in [0.1, 0.15) is 41.5 Å². The highest BCUT2D eigenvalue weighted by molar-refractivity contribution is 4.77. The molecule has 0 aromatic carbocycles. The number of hydrogen-bond acceptors (Lipinski definition) is 3. The van der Waals surface area contributed by atoms with Gasteiger partial charge < -0.3 is 10.2 Å². The monoisotopic (exact) mass is 257 g/mol. The van der Waals surface area contributed by atoms with Crippen molar-refractivity contribution in [3.63, 3.8) is 0 Å². The predicted octanol–water partition coefficient (Wildman–Crippen LogP) is 2.28. The summed E-state index contributed by atoms with van der Waals surface area (Å²) in [5, 5.41) is 3.61. The second-order valence-corrected chi connectivity index (χ2v) is 7.17. The lowest BCUT2D eigenvalue weighted by Gasteiger charge is -2.33. The average Bonchev–Trinajstić information content (AvgIpc) is 2.19. The van der Waals surface area contributed by atoms with Gasteiger partial charge in [0, 0.05) is 37.8 Å². The fraction of sp³-hybridized carbons (Fsp3) is 1.00. The zero-order chi connectivity index (χ0) is 14.3. The fourth-order valence-corrected chi connectivity index (χ4v) is 1.87. The molecule has 0 aromatic rings. The van der Waals surface area contributed by atoms with Crippen LogP contribution in [0.2, 0.25) is 0 Å². The highest BCUT2D eigenvalue weighted by atomic mass is 15.2. The lowest BCUT2D eigenvalue weighted by molar-refractivity contribution is 0.160. The average molecular weight is 257 g/mol. The Kier molecular flexibility index (Phi) is 8.08. The molecule has 1 unspecified atom stereocenters. The van der Waals surface area contributed by atoms with E-state index in [2.05, 4.69) is 70.8 Å². The van der Waals surface area contributed by atoms with Crippen LogP contribution in [0.4, 0.5) is 0 Å². The Morgan fingerprint density at radius 2 is 1.56 bits per heavy atom. The molecule has 0 aliphatic heterocycles. The molecule has 0 aliphatic carbocycles. The molecular weight excluding hydrogens is 222 g/mol. The molecule has 1 atom stereocenters. The zero-order valence-electron chi connectivity index (χ0n) is 13.9. The van der Waals surface area contributed by atoms with Gasteiger partial charge in [-0.2, -0.15) is 0 Å². The van der Waals surface area contributed by atoms with E-state index >= 15 is 0 Å². The Morgan fingerprint density at radius 1 is 1.00 bits per heavy atom. The van der Waals surface area contributed by atoms with Crippen LogP contribution in [0.5, 0.6) is 0 Å². The van der Waals surface area contributed by atoms with Crippen molar-refractivity contribution in [1.29, 1.82) is 0 Å². The summed E-state index contributed by atoms with van der Waals surface area (Å²) in [5.74, 6) is 0.726. The van der Waals surface area contributed by atoms with Crippen molar-refractivity contribution in [2.75, 3.05) is 40.3 Å². The van der Waals surface area contributed by atoms with Crippen molar-refractivity contribution in [3.05, 3.63) is 0 Å². The van der Waals surface area contributed by atoms with E-state index in [1.165, 1.54) is 6.54 Å². The number of hydrogen-bond donors (Lipinski definition) is 1. The van der Waals surface area contributed by atoms with Gasteiger partial charge in [-0.3, -0.25) is 4.90 Å². The molecule has 18 heavy (non-hydrogen) atoms. The van der Waals surface area contributed by atoms with Crippen LogP contribution in [0, 0.1) is 5.92 Å². The van der Waals surface area contributed by atoms with Gasteiger partial charge in [0.15, 0.2) is 0 Å². The number of likely N-dealkylation sites (N-methyl/N-ethyl adjacent to an activating group) is 1. The molecule has 110 valence electrons. The van der Waals surface area contributed by atoms with E-state index in [1.807, 2.05) is 0 Å². The van der Waals surface area contributed by atoms with Crippen molar-refractivity contribution >= 4 is 0 Å². The predicted molar refractivity (Wildman–Crippen MR) is 82.2 cm³/mol. The summed E-state index contributed by atoms with van der Waals surface area (Å²) in [7, 11) is 4.29. The summed E-state index contributed by atoms with van der Waals surface area (Å²) in [5.41, 5.74) is 0.208. The highest BCUT2D eigenvalue weighted by Gasteiger charge is 2.17. The molecule has 0 rings (SSSR count). The van der Waals surface area contributed by atoms with E-state index in [1.54, 1.807) is 0 Å². The Labute approximate surface area is 115 Å². The summed E-state index contributed by atoms with van der Waals surface area (Å²) < 4.78 is 0. The van der Waals surface area contributed by atoms with Gasteiger partial charge in [0.1, 0.15) is 0 Å². The molecule has 3 heteroatoms. The molecule has 0 saturated heterocycles. The molecule has 0 amide bonds. The van der Waals surface area contributed by atoms with Crippen molar-refractivity contribution in [2.45, 2.75) is 53.1 Å². The van der Waals surface area contributed by atoms with Gasteiger partial charge in [-0.15, -0.1) is 0 Å². The molecule has 3 nitrogen and oxygen atoms in total. The van der Waals surface area contributed by atoms with Crippen LogP contribution in [-0.2, 0) is 0 Å². The van der Waals surface area contributed by atoms with Crippen LogP contribution < -0.4 is 5.32 Å². The minimum absolute atomic E-state index is 0.208. The van der Waals surface area contributed by atoms with E-state index in [0.29, 0.717) is 6.04 Å². The lowest BCUT2D eigenvalue weighted by atomic mass is 10.1. The number of nitrogens with one attached hydrogen (secondary N) is 1. The second kappa shape index (κ2) is 8.13. The first-order valence-electron chi connectivity index (χ1n) is 7.25. The van der Waals surface area contributed by atoms with Crippen molar-refractivity contribution in [1.82, 2.24) is 15.1 Å². The van der Waals surface area contributed by atoms with Crippen LogP contribution in [0.25, 0.3) is 0 Å². The van der Waals surface area contributed by atoms with E-state index in [-0.39, 0.29) is 5.54 Å². The third-order valence-electron chi connectivity index (χ3n) is 2.99. The Hall–Kier alpha value is -0.120. The maximum Gasteiger partial charge on any atom is 0.0193 e. The first-order chi connectivity index (χ1) is 8.11. The molecule has 0 aliphatic rings. The molecule has 1 N–H and O–H groups in total. The highest BCUT2D eigenvalue weighted by Crippen LogP contribution is 2.06. The number of nitrogens with zero attached hydrogens (tertiary/aromatic N) is 2. The molecule has 0 radical (unpaired) electrons. The Balaban J connectivity index is 4.25. The maximum atomic E-state index is 3.61. The maximum absolute atomic E-state index is 3.61. The largest absolute Gasteiger partial charge is 0.311 e. The summed E-state index contributed by atoms with van der Waals surface area (Å²) in [6.07, 6.45) is 0. The molecule has 0 bridgehead atoms. The smallest absolute Gasteiger partial charge is 0.0193 e. The van der Waals surface area contributed by atoms with Gasteiger partial charge in [-0.1, -0.05) is 13.8 Å². The SMILES string of the molecule is CC(C)CN(CCN(C)C)C(C)CNC(C)(C)C. The summed E-state index contributed by atoms with van der Waals surface area (Å²) in [6, 6.07) is 0.589. The standard InChI is InChI=1S/C15H35N3/c1-13(2)12-18(10-9-17(7)8)14(3)11-16-15(4,5)6/h13-14,16H,9-12H2,1-8H3. The van der Waals surface area contributed by atoms with Crippen LogP contribution in [0.3, 0.4) is 0 Å². The molecular formula is C15H35N3. The second-order valence-electron chi connectivity index (χ2n) is 7.17. The summed E-state index contributed by atoms with van der Waals surface area (Å²) >= 11 is 0. The van der Waals surface area contributed by atoms with Gasteiger partial charge in [0.2, 0.25) is 0 Å². The van der Waals surface area contributed by atoms with Gasteiger partial charge in [0.25, 0.3) is 0 Å². The third-order valence-corrected chi connectivity index (χ3v) is 2.99. The zero-order valence-corrected chi connectivity index (χ0v) is 13.9.